The molecule has 4 nitrogen and oxygen atoms in total. The molecule has 4 heteroatoms. The van der Waals surface area contributed by atoms with Gasteiger partial charge in [0.05, 0.1) is 0 Å². The van der Waals surface area contributed by atoms with E-state index < -0.39 is 5.97 Å². The summed E-state index contributed by atoms with van der Waals surface area (Å²) in [5.41, 5.74) is 0. The van der Waals surface area contributed by atoms with Crippen molar-refractivity contribution < 1.29 is 19.4 Å². The summed E-state index contributed by atoms with van der Waals surface area (Å²) in [4.78, 5) is 23.2. The molecule has 0 bridgehead atoms. The number of carboxylic acid groups (broad SMARTS) is 1. The van der Waals surface area contributed by atoms with Crippen molar-refractivity contribution in [2.24, 2.45) is 0 Å². The predicted octanol–water partition coefficient (Wildman–Crippen LogP) is 12.4. The summed E-state index contributed by atoms with van der Waals surface area (Å²) < 4.78 is 5.96. The van der Waals surface area contributed by atoms with Crippen LogP contribution in [0.4, 0.5) is 0 Å². The SMILES string of the molecule is CCCCC/C=C\C/C=C\CCCCCCCCCC(=O)OC(CCCCCCCCC)CCCCCCCC(=O)O. The fourth-order valence-electron chi connectivity index (χ4n) is 5.45. The largest absolute Gasteiger partial charge is 0.481 e. The molecular formula is C38H70O4. The van der Waals surface area contributed by atoms with E-state index in [-0.39, 0.29) is 18.5 Å². The van der Waals surface area contributed by atoms with Gasteiger partial charge in [-0.1, -0.05) is 141 Å². The van der Waals surface area contributed by atoms with Crippen molar-refractivity contribution in [3.8, 4) is 0 Å². The highest BCUT2D eigenvalue weighted by Crippen LogP contribution is 2.18. The molecule has 1 atom stereocenters. The van der Waals surface area contributed by atoms with Crippen LogP contribution in [0.1, 0.15) is 200 Å². The number of carbonyl (C=O) groups is 2. The molecule has 0 aliphatic carbocycles. The Balaban J connectivity index is 3.93. The van der Waals surface area contributed by atoms with Crippen molar-refractivity contribution in [1.82, 2.24) is 0 Å². The van der Waals surface area contributed by atoms with Gasteiger partial charge in [0, 0.05) is 12.8 Å². The molecule has 0 aliphatic heterocycles. The number of unbranched alkanes of at least 4 members (excludes halogenated alkanes) is 20. The average Bonchev–Trinajstić information content (AvgIpc) is 2.97. The molecule has 0 aliphatic rings. The minimum absolute atomic E-state index is 0.00741. The molecule has 0 saturated carbocycles. The van der Waals surface area contributed by atoms with Crippen molar-refractivity contribution in [2.75, 3.05) is 0 Å². The molecule has 0 rings (SSSR count). The van der Waals surface area contributed by atoms with Gasteiger partial charge in [-0.25, -0.2) is 0 Å². The summed E-state index contributed by atoms with van der Waals surface area (Å²) in [6.07, 6.45) is 41.9. The highest BCUT2D eigenvalue weighted by molar-refractivity contribution is 5.69. The maximum atomic E-state index is 12.6. The van der Waals surface area contributed by atoms with Crippen molar-refractivity contribution in [1.29, 1.82) is 0 Å². The van der Waals surface area contributed by atoms with Crippen LogP contribution in [0.15, 0.2) is 24.3 Å². The number of esters is 1. The zero-order valence-electron chi connectivity index (χ0n) is 28.1. The van der Waals surface area contributed by atoms with Crippen LogP contribution in [0, 0.1) is 0 Å². The van der Waals surface area contributed by atoms with Crippen molar-refractivity contribution in [3.63, 3.8) is 0 Å². The first kappa shape index (κ1) is 40.4. The molecule has 0 amide bonds. The molecule has 0 heterocycles. The molecule has 0 saturated heterocycles. The Morgan fingerprint density at radius 3 is 1.45 bits per heavy atom. The van der Waals surface area contributed by atoms with E-state index in [4.69, 9.17) is 9.84 Å². The van der Waals surface area contributed by atoms with E-state index in [1.54, 1.807) is 0 Å². The Kier molecular flexibility index (Phi) is 32.6. The van der Waals surface area contributed by atoms with Crippen LogP contribution in [0.25, 0.3) is 0 Å². The highest BCUT2D eigenvalue weighted by Gasteiger charge is 2.14. The van der Waals surface area contributed by atoms with Gasteiger partial charge in [-0.05, 0) is 70.6 Å². The summed E-state index contributed by atoms with van der Waals surface area (Å²) in [6.45, 7) is 4.50. The lowest BCUT2D eigenvalue weighted by atomic mass is 10.0. The number of allylic oxidation sites excluding steroid dienone is 4. The molecule has 0 radical (unpaired) electrons. The fourth-order valence-corrected chi connectivity index (χ4v) is 5.45. The Labute approximate surface area is 261 Å². The zero-order valence-corrected chi connectivity index (χ0v) is 28.1. The molecule has 1 N–H and O–H groups in total. The molecule has 0 aromatic rings. The maximum absolute atomic E-state index is 12.6. The molecule has 246 valence electrons. The van der Waals surface area contributed by atoms with Crippen LogP contribution in [0.5, 0.6) is 0 Å². The summed E-state index contributed by atoms with van der Waals surface area (Å²) in [6, 6.07) is 0. The number of carboxylic acids is 1. The molecule has 0 spiro atoms. The van der Waals surface area contributed by atoms with Gasteiger partial charge < -0.3 is 9.84 Å². The minimum Gasteiger partial charge on any atom is -0.481 e. The van der Waals surface area contributed by atoms with E-state index in [0.717, 1.165) is 70.6 Å². The quantitative estimate of drug-likeness (QED) is 0.0469. The second kappa shape index (κ2) is 33.9. The van der Waals surface area contributed by atoms with E-state index in [1.165, 1.54) is 103 Å². The molecular weight excluding hydrogens is 520 g/mol. The lowest BCUT2D eigenvalue weighted by Crippen LogP contribution is -2.18. The maximum Gasteiger partial charge on any atom is 0.306 e. The topological polar surface area (TPSA) is 63.6 Å². The summed E-state index contributed by atoms with van der Waals surface area (Å²) in [5.74, 6) is -0.709. The van der Waals surface area contributed by atoms with E-state index in [0.29, 0.717) is 6.42 Å². The number of hydrogen-bond acceptors (Lipinski definition) is 3. The zero-order chi connectivity index (χ0) is 30.8. The van der Waals surface area contributed by atoms with Crippen molar-refractivity contribution >= 4 is 11.9 Å². The minimum atomic E-state index is -0.702. The van der Waals surface area contributed by atoms with Crippen LogP contribution in [-0.4, -0.2) is 23.1 Å². The predicted molar refractivity (Wildman–Crippen MR) is 181 cm³/mol. The van der Waals surface area contributed by atoms with Crippen LogP contribution in [-0.2, 0) is 14.3 Å². The van der Waals surface area contributed by atoms with Gasteiger partial charge >= 0.3 is 11.9 Å². The molecule has 42 heavy (non-hydrogen) atoms. The van der Waals surface area contributed by atoms with E-state index in [1.807, 2.05) is 0 Å². The number of rotatable bonds is 33. The number of aliphatic carboxylic acids is 1. The van der Waals surface area contributed by atoms with Crippen LogP contribution in [0.3, 0.4) is 0 Å². The second-order valence-electron chi connectivity index (χ2n) is 12.4. The fraction of sp³-hybridized carbons (Fsp3) is 0.842. The van der Waals surface area contributed by atoms with Gasteiger partial charge in [-0.15, -0.1) is 0 Å². The first-order valence-electron chi connectivity index (χ1n) is 18.3. The van der Waals surface area contributed by atoms with Gasteiger partial charge in [0.25, 0.3) is 0 Å². The van der Waals surface area contributed by atoms with Crippen molar-refractivity contribution in [3.05, 3.63) is 24.3 Å². The van der Waals surface area contributed by atoms with Crippen LogP contribution >= 0.6 is 0 Å². The standard InChI is InChI=1S/C38H70O4/c1-3-5-7-9-11-12-13-14-15-16-17-18-19-20-22-27-31-35-38(41)42-36(32-28-24-21-10-8-6-4-2)33-29-25-23-26-30-34-37(39)40/h11-12,14-15,36H,3-10,13,16-35H2,1-2H3,(H,39,40)/b12-11-,15-14-. The van der Waals surface area contributed by atoms with E-state index in [9.17, 15) is 9.59 Å². The summed E-state index contributed by atoms with van der Waals surface area (Å²) in [7, 11) is 0. The van der Waals surface area contributed by atoms with Crippen LogP contribution in [0.2, 0.25) is 0 Å². The molecule has 0 aromatic carbocycles. The smallest absolute Gasteiger partial charge is 0.306 e. The number of carbonyl (C=O) groups excluding carboxylic acids is 1. The van der Waals surface area contributed by atoms with E-state index in [2.05, 4.69) is 38.2 Å². The Bertz CT molecular complexity index is 639. The highest BCUT2D eigenvalue weighted by atomic mass is 16.5. The summed E-state index contributed by atoms with van der Waals surface area (Å²) >= 11 is 0. The third-order valence-electron chi connectivity index (χ3n) is 8.18. The Morgan fingerprint density at radius 1 is 0.524 bits per heavy atom. The van der Waals surface area contributed by atoms with Gasteiger partial charge in [-0.2, -0.15) is 0 Å². The lowest BCUT2D eigenvalue weighted by Gasteiger charge is -2.18. The normalized spacial score (nSPS) is 12.4. The molecule has 1 unspecified atom stereocenters. The summed E-state index contributed by atoms with van der Waals surface area (Å²) in [5, 5.41) is 8.78. The van der Waals surface area contributed by atoms with Gasteiger partial charge in [0.15, 0.2) is 0 Å². The lowest BCUT2D eigenvalue weighted by molar-refractivity contribution is -0.150. The Hall–Kier alpha value is -1.58. The van der Waals surface area contributed by atoms with Crippen LogP contribution < -0.4 is 0 Å². The Morgan fingerprint density at radius 2 is 0.929 bits per heavy atom. The third kappa shape index (κ3) is 32.9. The van der Waals surface area contributed by atoms with E-state index >= 15 is 0 Å². The van der Waals surface area contributed by atoms with Gasteiger partial charge in [0.1, 0.15) is 6.10 Å². The monoisotopic (exact) mass is 591 g/mol. The van der Waals surface area contributed by atoms with Crippen molar-refractivity contribution in [2.45, 2.75) is 206 Å². The number of ether oxygens (including phenoxy) is 1. The average molecular weight is 591 g/mol. The number of hydrogen-bond donors (Lipinski definition) is 1. The van der Waals surface area contributed by atoms with Gasteiger partial charge in [0.2, 0.25) is 0 Å². The second-order valence-corrected chi connectivity index (χ2v) is 12.4. The molecule has 0 aromatic heterocycles. The first-order chi connectivity index (χ1) is 20.6. The molecule has 0 fully saturated rings. The first-order valence-corrected chi connectivity index (χ1v) is 18.3. The van der Waals surface area contributed by atoms with Gasteiger partial charge in [-0.3, -0.25) is 9.59 Å². The third-order valence-corrected chi connectivity index (χ3v) is 8.18.